The molecule has 0 heterocycles. The van der Waals surface area contributed by atoms with E-state index >= 15 is 0 Å². The molecule has 7 heteroatoms. The molecule has 28 heavy (non-hydrogen) atoms. The fourth-order valence-corrected chi connectivity index (χ4v) is 5.41. The minimum Gasteiger partial charge on any atom is -0.444 e. The molecule has 0 aliphatic carbocycles. The Morgan fingerprint density at radius 2 is 1.75 bits per heavy atom. The van der Waals surface area contributed by atoms with Crippen LogP contribution in [-0.2, 0) is 19.4 Å². The minimum atomic E-state index is -3.73. The van der Waals surface area contributed by atoms with Crippen molar-refractivity contribution in [1.82, 2.24) is 5.32 Å². The fourth-order valence-electron chi connectivity index (χ4n) is 3.00. The van der Waals surface area contributed by atoms with E-state index in [1.54, 1.807) is 58.0 Å². The predicted octanol–water partition coefficient (Wildman–Crippen LogP) is 3.92. The molecule has 2 unspecified atom stereocenters. The van der Waals surface area contributed by atoms with Crippen LogP contribution in [0.25, 0.3) is 0 Å². The van der Waals surface area contributed by atoms with E-state index < -0.39 is 38.7 Å². The van der Waals surface area contributed by atoms with E-state index in [0.29, 0.717) is 18.3 Å². The van der Waals surface area contributed by atoms with Gasteiger partial charge in [-0.3, -0.25) is 0 Å². The molecule has 0 aromatic heterocycles. The highest BCUT2D eigenvalue weighted by molar-refractivity contribution is 7.91. The van der Waals surface area contributed by atoms with Gasteiger partial charge in [0, 0.05) is 12.0 Å². The number of hydrogen-bond acceptors (Lipinski definition) is 5. The smallest absolute Gasteiger partial charge is 0.407 e. The predicted molar refractivity (Wildman–Crippen MR) is 111 cm³/mol. The second-order valence-corrected chi connectivity index (χ2v) is 10.5. The van der Waals surface area contributed by atoms with E-state index in [0.717, 1.165) is 0 Å². The molecule has 1 aromatic rings. The molecule has 0 aliphatic heterocycles. The molecule has 0 radical (unpaired) electrons. The van der Waals surface area contributed by atoms with E-state index in [1.807, 2.05) is 13.8 Å². The summed E-state index contributed by atoms with van der Waals surface area (Å²) in [5.74, 6) is -1.05. The Kier molecular flexibility index (Phi) is 8.67. The van der Waals surface area contributed by atoms with Gasteiger partial charge in [-0.25, -0.2) is 13.2 Å². The van der Waals surface area contributed by atoms with Gasteiger partial charge in [0.25, 0.3) is 0 Å². The van der Waals surface area contributed by atoms with Crippen LogP contribution >= 0.6 is 0 Å². The zero-order valence-corrected chi connectivity index (χ0v) is 18.5. The second-order valence-electron chi connectivity index (χ2n) is 8.29. The van der Waals surface area contributed by atoms with Crippen molar-refractivity contribution in [3.8, 4) is 0 Å². The van der Waals surface area contributed by atoms with Gasteiger partial charge in [0.05, 0.1) is 11.0 Å². The van der Waals surface area contributed by atoms with Crippen molar-refractivity contribution in [1.29, 1.82) is 0 Å². The van der Waals surface area contributed by atoms with E-state index in [4.69, 9.17) is 4.74 Å². The molecule has 1 aromatic carbocycles. The van der Waals surface area contributed by atoms with Crippen LogP contribution in [0.5, 0.6) is 0 Å². The first-order chi connectivity index (χ1) is 12.9. The molecule has 0 bridgehead atoms. The van der Waals surface area contributed by atoms with Crippen molar-refractivity contribution in [2.75, 3.05) is 5.75 Å². The maximum Gasteiger partial charge on any atom is 0.407 e. The van der Waals surface area contributed by atoms with Gasteiger partial charge >= 0.3 is 6.09 Å². The number of carbonyl (C=O) groups is 2. The van der Waals surface area contributed by atoms with Gasteiger partial charge in [-0.1, -0.05) is 57.5 Å². The molecule has 0 fully saturated rings. The van der Waals surface area contributed by atoms with Crippen LogP contribution in [0.4, 0.5) is 4.79 Å². The summed E-state index contributed by atoms with van der Waals surface area (Å²) in [6.07, 6.45) is 0.706. The highest BCUT2D eigenvalue weighted by Gasteiger charge is 2.36. The normalized spacial score (nSPS) is 16.5. The molecule has 0 saturated carbocycles. The standard InChI is InChI=1S/C21H33NO5S/c1-7-15(2)18(22-20(24)27-21(4,5)6)14-28(25,26)19(16(3)13-23)17-11-9-8-10-12-17/h8-13,15-16,18-19H,7,14H2,1-6H3,(H,22,24)/t15?,16-,18?,19-/m0/s1. The Balaban J connectivity index is 3.15. The first kappa shape index (κ1) is 24.1. The van der Waals surface area contributed by atoms with Crippen molar-refractivity contribution in [3.63, 3.8) is 0 Å². The average Bonchev–Trinajstić information content (AvgIpc) is 2.59. The van der Waals surface area contributed by atoms with E-state index in [-0.39, 0.29) is 11.7 Å². The summed E-state index contributed by atoms with van der Waals surface area (Å²) < 4.78 is 31.8. The number of alkyl carbamates (subject to hydrolysis) is 1. The Morgan fingerprint density at radius 3 is 2.21 bits per heavy atom. The Hall–Kier alpha value is -1.89. The highest BCUT2D eigenvalue weighted by atomic mass is 32.2. The monoisotopic (exact) mass is 411 g/mol. The summed E-state index contributed by atoms with van der Waals surface area (Å²) in [7, 11) is -3.73. The quantitative estimate of drug-likeness (QED) is 0.622. The summed E-state index contributed by atoms with van der Waals surface area (Å²) in [6, 6.07) is 8.10. The number of carbonyl (C=O) groups excluding carboxylic acids is 2. The lowest BCUT2D eigenvalue weighted by molar-refractivity contribution is -0.110. The van der Waals surface area contributed by atoms with Crippen LogP contribution < -0.4 is 5.32 Å². The molecular weight excluding hydrogens is 378 g/mol. The van der Waals surface area contributed by atoms with Crippen molar-refractivity contribution in [3.05, 3.63) is 35.9 Å². The largest absolute Gasteiger partial charge is 0.444 e. The van der Waals surface area contributed by atoms with Crippen LogP contribution in [0.3, 0.4) is 0 Å². The molecule has 6 nitrogen and oxygen atoms in total. The van der Waals surface area contributed by atoms with Crippen LogP contribution in [0, 0.1) is 11.8 Å². The van der Waals surface area contributed by atoms with Crippen LogP contribution in [-0.4, -0.2) is 38.2 Å². The highest BCUT2D eigenvalue weighted by Crippen LogP contribution is 2.31. The number of sulfone groups is 1. The van der Waals surface area contributed by atoms with Gasteiger partial charge in [-0.05, 0) is 32.3 Å². The number of aldehydes is 1. The topological polar surface area (TPSA) is 89.5 Å². The van der Waals surface area contributed by atoms with Gasteiger partial charge in [0.15, 0.2) is 9.84 Å². The van der Waals surface area contributed by atoms with Gasteiger partial charge in [0.2, 0.25) is 0 Å². The van der Waals surface area contributed by atoms with Gasteiger partial charge in [-0.2, -0.15) is 0 Å². The molecule has 0 spiro atoms. The zero-order chi connectivity index (χ0) is 21.5. The third-order valence-electron chi connectivity index (χ3n) is 4.65. The summed E-state index contributed by atoms with van der Waals surface area (Å²) in [4.78, 5) is 23.6. The van der Waals surface area contributed by atoms with Crippen molar-refractivity contribution in [2.24, 2.45) is 11.8 Å². The third-order valence-corrected chi connectivity index (χ3v) is 6.95. The third kappa shape index (κ3) is 7.26. The number of nitrogens with one attached hydrogen (secondary N) is 1. The molecule has 4 atom stereocenters. The summed E-state index contributed by atoms with van der Waals surface area (Å²) in [6.45, 7) is 10.7. The first-order valence-corrected chi connectivity index (χ1v) is 11.3. The number of benzene rings is 1. The lowest BCUT2D eigenvalue weighted by Crippen LogP contribution is -2.47. The SMILES string of the molecule is CCC(C)C(CS(=O)(=O)[C@H](c1ccccc1)[C@@H](C)C=O)NC(=O)OC(C)(C)C. The Bertz CT molecular complexity index is 740. The number of rotatable bonds is 9. The van der Waals surface area contributed by atoms with E-state index in [1.165, 1.54) is 0 Å². The molecular formula is C21H33NO5S. The fraction of sp³-hybridized carbons (Fsp3) is 0.619. The van der Waals surface area contributed by atoms with Crippen molar-refractivity contribution in [2.45, 2.75) is 64.9 Å². The maximum absolute atomic E-state index is 13.3. The lowest BCUT2D eigenvalue weighted by Gasteiger charge is -2.29. The summed E-state index contributed by atoms with van der Waals surface area (Å²) >= 11 is 0. The van der Waals surface area contributed by atoms with E-state index in [2.05, 4.69) is 5.32 Å². The van der Waals surface area contributed by atoms with Gasteiger partial charge in [-0.15, -0.1) is 0 Å². The molecule has 1 N–H and O–H groups in total. The Morgan fingerprint density at radius 1 is 1.18 bits per heavy atom. The second kappa shape index (κ2) is 10.0. The molecule has 1 rings (SSSR count). The van der Waals surface area contributed by atoms with Crippen LogP contribution in [0.15, 0.2) is 30.3 Å². The minimum absolute atomic E-state index is 0.0785. The van der Waals surface area contributed by atoms with Crippen LogP contribution in [0.2, 0.25) is 0 Å². The maximum atomic E-state index is 13.3. The lowest BCUT2D eigenvalue weighted by atomic mass is 10.0. The summed E-state index contributed by atoms with van der Waals surface area (Å²) in [5.41, 5.74) is -0.107. The zero-order valence-electron chi connectivity index (χ0n) is 17.6. The number of amides is 1. The molecule has 1 amide bonds. The average molecular weight is 412 g/mol. The number of ether oxygens (including phenoxy) is 1. The van der Waals surface area contributed by atoms with Gasteiger partial charge in [0.1, 0.15) is 11.9 Å². The summed E-state index contributed by atoms with van der Waals surface area (Å²) in [5, 5.41) is 1.75. The van der Waals surface area contributed by atoms with E-state index in [9.17, 15) is 18.0 Å². The number of hydrogen-bond donors (Lipinski definition) is 1. The first-order valence-electron chi connectivity index (χ1n) is 9.62. The van der Waals surface area contributed by atoms with Crippen molar-refractivity contribution < 1.29 is 22.7 Å². The van der Waals surface area contributed by atoms with Crippen molar-refractivity contribution >= 4 is 22.2 Å². The molecule has 0 aliphatic rings. The van der Waals surface area contributed by atoms with Crippen LogP contribution in [0.1, 0.15) is 58.8 Å². The van der Waals surface area contributed by atoms with Gasteiger partial charge < -0.3 is 14.8 Å². The Labute approximate surface area is 169 Å². The molecule has 158 valence electrons. The molecule has 0 saturated heterocycles.